The molecule has 1 fully saturated rings. The Kier molecular flexibility index (Phi) is 2.93. The fourth-order valence-corrected chi connectivity index (χ4v) is 2.12. The van der Waals surface area contributed by atoms with Gasteiger partial charge in [-0.05, 0) is 30.9 Å². The van der Waals surface area contributed by atoms with Crippen LogP contribution in [-0.4, -0.2) is 28.1 Å². The lowest BCUT2D eigenvalue weighted by Crippen LogP contribution is -2.11. The third-order valence-electron chi connectivity index (χ3n) is 3.13. The van der Waals surface area contributed by atoms with E-state index in [0.29, 0.717) is 12.0 Å². The summed E-state index contributed by atoms with van der Waals surface area (Å²) in [5.74, 6) is -2.28. The van der Waals surface area contributed by atoms with E-state index in [9.17, 15) is 14.3 Å². The summed E-state index contributed by atoms with van der Waals surface area (Å²) in [5, 5.41) is 27.8. The fraction of sp³-hybridized carbons (Fsp3) is 0.364. The second-order valence-corrected chi connectivity index (χ2v) is 4.34. The predicted octanol–water partition coefficient (Wildman–Crippen LogP) is 1.06. The molecule has 6 heteroatoms. The van der Waals surface area contributed by atoms with Crippen molar-refractivity contribution in [3.63, 3.8) is 0 Å². The van der Waals surface area contributed by atoms with Gasteiger partial charge in [0.15, 0.2) is 5.78 Å². The molecule has 0 spiro atoms. The average Bonchev–Trinajstić information content (AvgIpc) is 2.96. The van der Waals surface area contributed by atoms with Crippen LogP contribution in [0.4, 0.5) is 4.39 Å². The summed E-state index contributed by atoms with van der Waals surface area (Å²) in [6, 6.07) is 2.50. The molecule has 4 nitrogen and oxygen atoms in total. The fourth-order valence-electron chi connectivity index (χ4n) is 2.12. The molecule has 1 aliphatic carbocycles. The molecule has 0 heterocycles. The highest BCUT2D eigenvalue weighted by Crippen LogP contribution is 2.56. The number of phenols is 1. The Labute approximate surface area is 97.9 Å². The van der Waals surface area contributed by atoms with Crippen molar-refractivity contribution in [1.29, 1.82) is 0 Å². The Bertz CT molecular complexity index is 475. The van der Waals surface area contributed by atoms with Gasteiger partial charge in [0.25, 0.3) is 0 Å². The van der Waals surface area contributed by atoms with Crippen LogP contribution in [0.5, 0.6) is 5.75 Å². The van der Waals surface area contributed by atoms with Gasteiger partial charge in [0, 0.05) is 5.82 Å². The molecule has 0 unspecified atom stereocenters. The van der Waals surface area contributed by atoms with Crippen LogP contribution in [0.1, 0.15) is 35.2 Å². The summed E-state index contributed by atoms with van der Waals surface area (Å²) in [4.78, 5) is 11.2. The van der Waals surface area contributed by atoms with Gasteiger partial charge < -0.3 is 15.2 Å². The van der Waals surface area contributed by atoms with Crippen LogP contribution >= 0.6 is 0 Å². The van der Waals surface area contributed by atoms with Crippen LogP contribution in [0.2, 0.25) is 5.82 Å². The van der Waals surface area contributed by atoms with E-state index in [1.54, 1.807) is 0 Å². The zero-order valence-corrected chi connectivity index (χ0v) is 9.22. The molecule has 2 rings (SSSR count). The normalized spacial score (nSPS) is 22.4. The van der Waals surface area contributed by atoms with E-state index in [1.807, 2.05) is 0 Å². The third kappa shape index (κ3) is 2.05. The molecule has 1 saturated carbocycles. The SMILES string of the molecule is CC(=O)c1c(F)ccc([C@H]2C[C@H]2B(O)O)c1O. The van der Waals surface area contributed by atoms with Crippen LogP contribution in [0, 0.1) is 5.82 Å². The number of aromatic hydroxyl groups is 1. The Balaban J connectivity index is 2.38. The van der Waals surface area contributed by atoms with Gasteiger partial charge in [-0.25, -0.2) is 4.39 Å². The molecule has 1 aliphatic rings. The van der Waals surface area contributed by atoms with Crippen molar-refractivity contribution in [2.75, 3.05) is 0 Å². The van der Waals surface area contributed by atoms with Crippen molar-refractivity contribution in [2.24, 2.45) is 0 Å². The number of hydrogen-bond donors (Lipinski definition) is 3. The lowest BCUT2D eigenvalue weighted by atomic mass is 9.80. The molecular weight excluding hydrogens is 226 g/mol. The van der Waals surface area contributed by atoms with Crippen molar-refractivity contribution in [1.82, 2.24) is 0 Å². The first-order valence-corrected chi connectivity index (χ1v) is 5.32. The molecule has 1 aromatic carbocycles. The van der Waals surface area contributed by atoms with Gasteiger partial charge in [-0.2, -0.15) is 0 Å². The first kappa shape index (κ1) is 12.1. The molecule has 90 valence electrons. The molecule has 0 amide bonds. The predicted molar refractivity (Wildman–Crippen MR) is 59.4 cm³/mol. The van der Waals surface area contributed by atoms with Gasteiger partial charge in [-0.1, -0.05) is 6.07 Å². The van der Waals surface area contributed by atoms with E-state index >= 15 is 0 Å². The van der Waals surface area contributed by atoms with E-state index in [-0.39, 0.29) is 23.0 Å². The van der Waals surface area contributed by atoms with Gasteiger partial charge >= 0.3 is 7.12 Å². The first-order valence-electron chi connectivity index (χ1n) is 5.32. The van der Waals surface area contributed by atoms with Gasteiger partial charge in [0.1, 0.15) is 11.6 Å². The molecule has 2 atom stereocenters. The van der Waals surface area contributed by atoms with E-state index in [4.69, 9.17) is 10.0 Å². The third-order valence-corrected chi connectivity index (χ3v) is 3.13. The van der Waals surface area contributed by atoms with E-state index in [1.165, 1.54) is 13.0 Å². The number of rotatable bonds is 3. The van der Waals surface area contributed by atoms with Crippen LogP contribution in [0.25, 0.3) is 0 Å². The Morgan fingerprint density at radius 3 is 2.59 bits per heavy atom. The standard InChI is InChI=1S/C11H12BFO4/c1-5(14)10-9(13)3-2-6(11(10)15)7-4-8(7)12(16)17/h2-3,7-8,15-17H,4H2,1H3/t7-,8-/m1/s1. The van der Waals surface area contributed by atoms with Crippen LogP contribution < -0.4 is 0 Å². The van der Waals surface area contributed by atoms with Crippen molar-refractivity contribution in [3.05, 3.63) is 29.1 Å². The maximum Gasteiger partial charge on any atom is 0.455 e. The summed E-state index contributed by atoms with van der Waals surface area (Å²) >= 11 is 0. The molecule has 0 radical (unpaired) electrons. The van der Waals surface area contributed by atoms with Crippen molar-refractivity contribution < 1.29 is 24.3 Å². The first-order chi connectivity index (χ1) is 7.93. The molecule has 0 aliphatic heterocycles. The number of carbonyl (C=O) groups is 1. The average molecular weight is 238 g/mol. The van der Waals surface area contributed by atoms with Gasteiger partial charge in [-0.3, -0.25) is 4.79 Å². The van der Waals surface area contributed by atoms with E-state index in [2.05, 4.69) is 0 Å². The number of carbonyl (C=O) groups excluding carboxylic acids is 1. The Morgan fingerprint density at radius 2 is 2.12 bits per heavy atom. The minimum Gasteiger partial charge on any atom is -0.507 e. The Hall–Kier alpha value is -1.40. The summed E-state index contributed by atoms with van der Waals surface area (Å²) < 4.78 is 13.3. The topological polar surface area (TPSA) is 77.8 Å². The van der Waals surface area contributed by atoms with Crippen LogP contribution in [-0.2, 0) is 0 Å². The highest BCUT2D eigenvalue weighted by molar-refractivity contribution is 6.44. The van der Waals surface area contributed by atoms with Crippen molar-refractivity contribution in [2.45, 2.75) is 25.1 Å². The van der Waals surface area contributed by atoms with Crippen LogP contribution in [0.3, 0.4) is 0 Å². The van der Waals surface area contributed by atoms with E-state index < -0.39 is 18.7 Å². The van der Waals surface area contributed by atoms with Crippen LogP contribution in [0.15, 0.2) is 12.1 Å². The summed E-state index contributed by atoms with van der Waals surface area (Å²) in [6.07, 6.45) is 0.508. The second kappa shape index (κ2) is 4.12. The molecule has 0 saturated heterocycles. The minimum atomic E-state index is -1.45. The molecule has 0 aromatic heterocycles. The number of halogens is 1. The molecule has 3 N–H and O–H groups in total. The highest BCUT2D eigenvalue weighted by Gasteiger charge is 2.47. The summed E-state index contributed by atoms with van der Waals surface area (Å²) in [5.41, 5.74) is 0.0651. The Morgan fingerprint density at radius 1 is 1.47 bits per heavy atom. The second-order valence-electron chi connectivity index (χ2n) is 4.34. The summed E-state index contributed by atoms with van der Waals surface area (Å²) in [6.45, 7) is 1.17. The van der Waals surface area contributed by atoms with Crippen molar-refractivity contribution >= 4 is 12.9 Å². The van der Waals surface area contributed by atoms with Gasteiger partial charge in [0.05, 0.1) is 5.56 Å². The zero-order chi connectivity index (χ0) is 12.7. The monoisotopic (exact) mass is 238 g/mol. The maximum atomic E-state index is 13.3. The number of ketones is 1. The quantitative estimate of drug-likeness (QED) is 0.543. The number of phenolic OH excluding ortho intramolecular Hbond substituents is 1. The maximum absolute atomic E-state index is 13.3. The lowest BCUT2D eigenvalue weighted by molar-refractivity contribution is 0.101. The minimum absolute atomic E-state index is 0.228. The number of Topliss-reactive ketones (excluding diaryl/α,β-unsaturated/α-hetero) is 1. The van der Waals surface area contributed by atoms with E-state index in [0.717, 1.165) is 6.07 Å². The molecular formula is C11H12BFO4. The molecule has 17 heavy (non-hydrogen) atoms. The van der Waals surface area contributed by atoms with Gasteiger partial charge in [-0.15, -0.1) is 0 Å². The lowest BCUT2D eigenvalue weighted by Gasteiger charge is -2.08. The smallest absolute Gasteiger partial charge is 0.455 e. The van der Waals surface area contributed by atoms with Crippen molar-refractivity contribution in [3.8, 4) is 5.75 Å². The number of benzene rings is 1. The molecule has 1 aromatic rings. The largest absolute Gasteiger partial charge is 0.507 e. The molecule has 0 bridgehead atoms. The number of hydrogen-bond acceptors (Lipinski definition) is 4. The van der Waals surface area contributed by atoms with Gasteiger partial charge in [0.2, 0.25) is 0 Å². The zero-order valence-electron chi connectivity index (χ0n) is 9.22. The summed E-state index contributed by atoms with van der Waals surface area (Å²) in [7, 11) is -1.45. The highest BCUT2D eigenvalue weighted by atomic mass is 19.1.